The smallest absolute Gasteiger partial charge is 0.255 e. The average molecular weight is 420 g/mol. The first-order valence-corrected chi connectivity index (χ1v) is 11.2. The predicted octanol–water partition coefficient (Wildman–Crippen LogP) is 2.97. The number of piperazine rings is 1. The maximum atomic E-state index is 14.4. The molecule has 2 aromatic rings. The molecule has 1 N–H and O–H groups in total. The van der Waals surface area contributed by atoms with Crippen molar-refractivity contribution < 1.29 is 17.6 Å². The summed E-state index contributed by atoms with van der Waals surface area (Å²) in [4.78, 5) is 14.2. The Morgan fingerprint density at radius 3 is 2.28 bits per heavy atom. The highest BCUT2D eigenvalue weighted by molar-refractivity contribution is 7.89. The Morgan fingerprint density at radius 2 is 1.69 bits per heavy atom. The standard InChI is InChI=1S/C21H26FN3O3S/c1-3-16-5-8-18(9-6-16)23-21(26)17-7-10-19(22)20(15-17)29(27,28)25-13-11-24(4-2)12-14-25/h5-10,15H,3-4,11-14H2,1-2H3,(H,23,26). The van der Waals surface area contributed by atoms with Crippen LogP contribution < -0.4 is 5.32 Å². The summed E-state index contributed by atoms with van der Waals surface area (Å²) in [6, 6.07) is 10.8. The summed E-state index contributed by atoms with van der Waals surface area (Å²) >= 11 is 0. The minimum absolute atomic E-state index is 0.0942. The molecule has 0 unspecified atom stereocenters. The number of amides is 1. The van der Waals surface area contributed by atoms with Crippen LogP contribution in [0.5, 0.6) is 0 Å². The van der Waals surface area contributed by atoms with Crippen molar-refractivity contribution in [2.75, 3.05) is 38.0 Å². The van der Waals surface area contributed by atoms with E-state index in [1.54, 1.807) is 12.1 Å². The van der Waals surface area contributed by atoms with Gasteiger partial charge in [0.2, 0.25) is 10.0 Å². The zero-order valence-corrected chi connectivity index (χ0v) is 17.5. The topological polar surface area (TPSA) is 69.7 Å². The van der Waals surface area contributed by atoms with Crippen molar-refractivity contribution in [3.8, 4) is 0 Å². The zero-order chi connectivity index (χ0) is 21.0. The second kappa shape index (κ2) is 9.02. The van der Waals surface area contributed by atoms with Crippen molar-refractivity contribution in [2.45, 2.75) is 25.2 Å². The number of nitrogens with one attached hydrogen (secondary N) is 1. The zero-order valence-electron chi connectivity index (χ0n) is 16.7. The first-order chi connectivity index (χ1) is 13.8. The van der Waals surface area contributed by atoms with E-state index in [2.05, 4.69) is 10.2 Å². The third kappa shape index (κ3) is 4.83. The van der Waals surface area contributed by atoms with Gasteiger partial charge in [-0.2, -0.15) is 4.31 Å². The van der Waals surface area contributed by atoms with Crippen molar-refractivity contribution in [1.29, 1.82) is 0 Å². The molecule has 0 atom stereocenters. The fourth-order valence-electron chi connectivity index (χ4n) is 3.29. The minimum atomic E-state index is -4.01. The van der Waals surface area contributed by atoms with Gasteiger partial charge in [0.05, 0.1) is 0 Å². The van der Waals surface area contributed by atoms with E-state index in [1.165, 1.54) is 10.4 Å². The van der Waals surface area contributed by atoms with E-state index in [0.29, 0.717) is 31.9 Å². The Kier molecular flexibility index (Phi) is 6.66. The minimum Gasteiger partial charge on any atom is -0.322 e. The van der Waals surface area contributed by atoms with Crippen LogP contribution in [0.1, 0.15) is 29.8 Å². The van der Waals surface area contributed by atoms with Crippen molar-refractivity contribution >= 4 is 21.6 Å². The molecule has 1 saturated heterocycles. The van der Waals surface area contributed by atoms with Crippen molar-refractivity contribution in [1.82, 2.24) is 9.21 Å². The van der Waals surface area contributed by atoms with E-state index in [-0.39, 0.29) is 5.56 Å². The van der Waals surface area contributed by atoms with E-state index >= 15 is 0 Å². The largest absolute Gasteiger partial charge is 0.322 e. The Bertz CT molecular complexity index is 969. The Hall–Kier alpha value is -2.29. The van der Waals surface area contributed by atoms with Gasteiger partial charge in [-0.3, -0.25) is 4.79 Å². The highest BCUT2D eigenvalue weighted by Gasteiger charge is 2.31. The fraction of sp³-hybridized carbons (Fsp3) is 0.381. The molecule has 1 aliphatic rings. The lowest BCUT2D eigenvalue weighted by molar-refractivity contribution is 0.102. The highest BCUT2D eigenvalue weighted by Crippen LogP contribution is 2.23. The summed E-state index contributed by atoms with van der Waals surface area (Å²) in [7, 11) is -4.01. The summed E-state index contributed by atoms with van der Waals surface area (Å²) in [5.41, 5.74) is 1.83. The molecule has 1 heterocycles. The summed E-state index contributed by atoms with van der Waals surface area (Å²) < 4.78 is 41.6. The third-order valence-electron chi connectivity index (χ3n) is 5.21. The van der Waals surface area contributed by atoms with Gasteiger partial charge in [0.1, 0.15) is 10.7 Å². The number of halogens is 1. The van der Waals surface area contributed by atoms with Gasteiger partial charge < -0.3 is 10.2 Å². The second-order valence-corrected chi connectivity index (χ2v) is 8.89. The average Bonchev–Trinajstić information content (AvgIpc) is 2.74. The monoisotopic (exact) mass is 419 g/mol. The van der Waals surface area contributed by atoms with Crippen molar-refractivity contribution in [3.63, 3.8) is 0 Å². The molecule has 0 saturated carbocycles. The number of hydrogen-bond donors (Lipinski definition) is 1. The number of nitrogens with zero attached hydrogens (tertiary/aromatic N) is 2. The fourth-order valence-corrected chi connectivity index (χ4v) is 4.81. The first kappa shape index (κ1) is 21.4. The van der Waals surface area contributed by atoms with Crippen LogP contribution in [-0.2, 0) is 16.4 Å². The molecule has 0 aromatic heterocycles. The van der Waals surface area contributed by atoms with Gasteiger partial charge >= 0.3 is 0 Å². The third-order valence-corrected chi connectivity index (χ3v) is 7.12. The van der Waals surface area contributed by atoms with Gasteiger partial charge in [-0.1, -0.05) is 26.0 Å². The molecular formula is C21H26FN3O3S. The van der Waals surface area contributed by atoms with Crippen LogP contribution in [0.3, 0.4) is 0 Å². The molecule has 156 valence electrons. The maximum absolute atomic E-state index is 14.4. The molecule has 0 spiro atoms. The molecule has 0 radical (unpaired) electrons. The number of carbonyl (C=O) groups is 1. The quantitative estimate of drug-likeness (QED) is 0.782. The number of benzene rings is 2. The molecule has 1 aliphatic heterocycles. The van der Waals surface area contributed by atoms with E-state index in [4.69, 9.17) is 0 Å². The number of aryl methyl sites for hydroxylation is 1. The van der Waals surface area contributed by atoms with E-state index < -0.39 is 26.6 Å². The molecule has 2 aromatic carbocycles. The van der Waals surface area contributed by atoms with Crippen LogP contribution in [0.15, 0.2) is 47.4 Å². The number of likely N-dealkylation sites (N-methyl/N-ethyl adjacent to an activating group) is 1. The lowest BCUT2D eigenvalue weighted by Gasteiger charge is -2.33. The molecule has 29 heavy (non-hydrogen) atoms. The van der Waals surface area contributed by atoms with Crippen LogP contribution in [-0.4, -0.2) is 56.3 Å². The van der Waals surface area contributed by atoms with Gasteiger partial charge in [-0.15, -0.1) is 0 Å². The number of hydrogen-bond acceptors (Lipinski definition) is 4. The van der Waals surface area contributed by atoms with Crippen LogP contribution >= 0.6 is 0 Å². The molecule has 1 fully saturated rings. The van der Waals surface area contributed by atoms with Crippen LogP contribution in [0.2, 0.25) is 0 Å². The number of sulfonamides is 1. The van der Waals surface area contributed by atoms with Gasteiger partial charge in [-0.05, 0) is 48.9 Å². The molecule has 3 rings (SSSR count). The van der Waals surface area contributed by atoms with Crippen molar-refractivity contribution in [3.05, 3.63) is 59.4 Å². The molecular weight excluding hydrogens is 393 g/mol. The van der Waals surface area contributed by atoms with Crippen molar-refractivity contribution in [2.24, 2.45) is 0 Å². The molecule has 6 nitrogen and oxygen atoms in total. The highest BCUT2D eigenvalue weighted by atomic mass is 32.2. The maximum Gasteiger partial charge on any atom is 0.255 e. The number of anilines is 1. The molecule has 0 bridgehead atoms. The predicted molar refractivity (Wildman–Crippen MR) is 111 cm³/mol. The summed E-state index contributed by atoms with van der Waals surface area (Å²) in [6.45, 7) is 6.71. The Labute approximate surface area is 171 Å². The summed E-state index contributed by atoms with van der Waals surface area (Å²) in [6.07, 6.45) is 0.889. The summed E-state index contributed by atoms with van der Waals surface area (Å²) in [5.74, 6) is -1.34. The number of carbonyl (C=O) groups excluding carboxylic acids is 1. The SMILES string of the molecule is CCc1ccc(NC(=O)c2ccc(F)c(S(=O)(=O)N3CCN(CC)CC3)c2)cc1. The molecule has 8 heteroatoms. The van der Waals surface area contributed by atoms with Gasteiger partial charge in [-0.25, -0.2) is 12.8 Å². The van der Waals surface area contributed by atoms with Gasteiger partial charge in [0.25, 0.3) is 5.91 Å². The summed E-state index contributed by atoms with van der Waals surface area (Å²) in [5, 5.41) is 2.72. The Balaban J connectivity index is 1.80. The van der Waals surface area contributed by atoms with Gasteiger partial charge in [0.15, 0.2) is 0 Å². The lowest BCUT2D eigenvalue weighted by atomic mass is 10.1. The molecule has 0 aliphatic carbocycles. The van der Waals surface area contributed by atoms with Crippen LogP contribution in [0.25, 0.3) is 0 Å². The van der Waals surface area contributed by atoms with E-state index in [1.807, 2.05) is 26.0 Å². The number of rotatable bonds is 6. The first-order valence-electron chi connectivity index (χ1n) is 9.77. The molecule has 1 amide bonds. The van der Waals surface area contributed by atoms with E-state index in [9.17, 15) is 17.6 Å². The normalized spacial score (nSPS) is 16.0. The van der Waals surface area contributed by atoms with Gasteiger partial charge in [0, 0.05) is 37.4 Å². The van der Waals surface area contributed by atoms with Crippen LogP contribution in [0.4, 0.5) is 10.1 Å². The van der Waals surface area contributed by atoms with Crippen LogP contribution in [0, 0.1) is 5.82 Å². The van der Waals surface area contributed by atoms with E-state index in [0.717, 1.165) is 30.7 Å². The Morgan fingerprint density at radius 1 is 1.03 bits per heavy atom. The lowest BCUT2D eigenvalue weighted by Crippen LogP contribution is -2.48. The second-order valence-electron chi connectivity index (χ2n) is 6.99.